The van der Waals surface area contributed by atoms with Crippen molar-refractivity contribution in [3.8, 4) is 0 Å². The molecular weight excluding hydrogens is 236 g/mol. The first-order chi connectivity index (χ1) is 7.55. The second kappa shape index (κ2) is 6.74. The standard InChI is InChI=1S/C13H28O3S/c1-9(2)7-11(5)13(17(14,15)16)12(6)8-10(3)4/h9-13H,7-8H2,1-6H3,(H,14,15,16). The number of rotatable bonds is 7. The molecule has 1 N–H and O–H groups in total. The first kappa shape index (κ1) is 16.9. The predicted octanol–water partition coefficient (Wildman–Crippen LogP) is 3.61. The molecule has 0 aromatic carbocycles. The molecule has 0 fully saturated rings. The van der Waals surface area contributed by atoms with Crippen molar-refractivity contribution < 1.29 is 13.0 Å². The van der Waals surface area contributed by atoms with Gasteiger partial charge in [-0.25, -0.2) is 0 Å². The molecule has 0 saturated heterocycles. The van der Waals surface area contributed by atoms with Gasteiger partial charge in [0.2, 0.25) is 0 Å². The van der Waals surface area contributed by atoms with E-state index in [1.807, 2.05) is 13.8 Å². The quantitative estimate of drug-likeness (QED) is 0.715. The minimum atomic E-state index is -3.95. The van der Waals surface area contributed by atoms with E-state index in [1.165, 1.54) is 0 Å². The normalized spacial score (nSPS) is 18.4. The fourth-order valence-corrected chi connectivity index (χ4v) is 4.30. The van der Waals surface area contributed by atoms with Crippen LogP contribution in [0.5, 0.6) is 0 Å². The molecule has 0 radical (unpaired) electrons. The zero-order chi connectivity index (χ0) is 13.8. The zero-order valence-electron chi connectivity index (χ0n) is 12.0. The Balaban J connectivity index is 4.89. The van der Waals surface area contributed by atoms with E-state index in [2.05, 4.69) is 27.7 Å². The maximum atomic E-state index is 11.5. The highest BCUT2D eigenvalue weighted by Crippen LogP contribution is 2.29. The van der Waals surface area contributed by atoms with Crippen molar-refractivity contribution >= 4 is 10.1 Å². The average molecular weight is 264 g/mol. The van der Waals surface area contributed by atoms with Crippen molar-refractivity contribution in [1.29, 1.82) is 0 Å². The van der Waals surface area contributed by atoms with E-state index >= 15 is 0 Å². The van der Waals surface area contributed by atoms with Gasteiger partial charge in [0.15, 0.2) is 0 Å². The Kier molecular flexibility index (Phi) is 6.70. The summed E-state index contributed by atoms with van der Waals surface area (Å²) in [5, 5.41) is -0.632. The van der Waals surface area contributed by atoms with Crippen molar-refractivity contribution in [2.45, 2.75) is 59.6 Å². The lowest BCUT2D eigenvalue weighted by molar-refractivity contribution is 0.304. The van der Waals surface area contributed by atoms with Crippen molar-refractivity contribution in [1.82, 2.24) is 0 Å². The van der Waals surface area contributed by atoms with E-state index in [0.717, 1.165) is 12.8 Å². The molecule has 0 aromatic rings. The molecule has 104 valence electrons. The summed E-state index contributed by atoms with van der Waals surface area (Å²) >= 11 is 0. The maximum Gasteiger partial charge on any atom is 0.268 e. The summed E-state index contributed by atoms with van der Waals surface area (Å²) in [6.45, 7) is 12.1. The molecule has 2 atom stereocenters. The van der Waals surface area contributed by atoms with Gasteiger partial charge in [0.25, 0.3) is 10.1 Å². The third kappa shape index (κ3) is 6.41. The van der Waals surface area contributed by atoms with Gasteiger partial charge in [0.05, 0.1) is 5.25 Å². The van der Waals surface area contributed by atoms with Crippen LogP contribution in [0.25, 0.3) is 0 Å². The second-order valence-electron chi connectivity index (χ2n) is 6.19. The highest BCUT2D eigenvalue weighted by Gasteiger charge is 2.34. The summed E-state index contributed by atoms with van der Waals surface area (Å²) in [6.07, 6.45) is 1.65. The topological polar surface area (TPSA) is 54.4 Å². The minimum Gasteiger partial charge on any atom is -0.285 e. The van der Waals surface area contributed by atoms with E-state index in [1.54, 1.807) is 0 Å². The first-order valence-corrected chi connectivity index (χ1v) is 8.02. The van der Waals surface area contributed by atoms with E-state index in [0.29, 0.717) is 11.8 Å². The molecule has 0 amide bonds. The van der Waals surface area contributed by atoms with Crippen LogP contribution in [-0.4, -0.2) is 18.2 Å². The van der Waals surface area contributed by atoms with Crippen LogP contribution in [0.2, 0.25) is 0 Å². The van der Waals surface area contributed by atoms with Crippen LogP contribution in [0.1, 0.15) is 54.4 Å². The van der Waals surface area contributed by atoms with Crippen LogP contribution < -0.4 is 0 Å². The molecule has 0 spiro atoms. The lowest BCUT2D eigenvalue weighted by atomic mass is 9.86. The molecule has 0 aliphatic rings. The summed E-state index contributed by atoms with van der Waals surface area (Å²) in [6, 6.07) is 0. The molecule has 0 aliphatic carbocycles. The third-order valence-corrected chi connectivity index (χ3v) is 4.77. The van der Waals surface area contributed by atoms with Gasteiger partial charge >= 0.3 is 0 Å². The van der Waals surface area contributed by atoms with Gasteiger partial charge in [0.1, 0.15) is 0 Å². The molecule has 0 bridgehead atoms. The summed E-state index contributed by atoms with van der Waals surface area (Å²) < 4.78 is 32.5. The highest BCUT2D eigenvalue weighted by atomic mass is 32.2. The molecule has 2 unspecified atom stereocenters. The molecule has 4 heteroatoms. The van der Waals surface area contributed by atoms with Crippen LogP contribution >= 0.6 is 0 Å². The second-order valence-corrected chi connectivity index (χ2v) is 7.77. The molecule has 17 heavy (non-hydrogen) atoms. The fourth-order valence-electron chi connectivity index (χ4n) is 2.90. The third-order valence-electron chi connectivity index (χ3n) is 3.15. The highest BCUT2D eigenvalue weighted by molar-refractivity contribution is 7.86. The Labute approximate surface area is 107 Å². The van der Waals surface area contributed by atoms with Crippen LogP contribution in [0, 0.1) is 23.7 Å². The first-order valence-electron chi connectivity index (χ1n) is 6.52. The molecule has 0 heterocycles. The van der Waals surface area contributed by atoms with E-state index in [9.17, 15) is 13.0 Å². The monoisotopic (exact) mass is 264 g/mol. The van der Waals surface area contributed by atoms with Crippen LogP contribution in [0.15, 0.2) is 0 Å². The van der Waals surface area contributed by atoms with Gasteiger partial charge in [-0.15, -0.1) is 0 Å². The Hall–Kier alpha value is -0.0900. The zero-order valence-corrected chi connectivity index (χ0v) is 12.8. The van der Waals surface area contributed by atoms with Gasteiger partial charge in [-0.1, -0.05) is 41.5 Å². The Morgan fingerprint density at radius 3 is 1.29 bits per heavy atom. The number of hydrogen-bond acceptors (Lipinski definition) is 2. The molecule has 0 aliphatic heterocycles. The van der Waals surface area contributed by atoms with E-state index in [4.69, 9.17) is 0 Å². The van der Waals surface area contributed by atoms with Crippen molar-refractivity contribution in [2.75, 3.05) is 0 Å². The van der Waals surface area contributed by atoms with E-state index < -0.39 is 15.4 Å². The SMILES string of the molecule is CC(C)CC(C)C(C(C)CC(C)C)S(=O)(=O)O. The Bertz CT molecular complexity index is 291. The van der Waals surface area contributed by atoms with Crippen molar-refractivity contribution in [3.05, 3.63) is 0 Å². The lowest BCUT2D eigenvalue weighted by Gasteiger charge is -2.29. The van der Waals surface area contributed by atoms with Crippen LogP contribution in [0.3, 0.4) is 0 Å². The van der Waals surface area contributed by atoms with Crippen molar-refractivity contribution in [3.63, 3.8) is 0 Å². The fraction of sp³-hybridized carbons (Fsp3) is 1.00. The summed E-state index contributed by atoms with van der Waals surface area (Å²) in [5.41, 5.74) is 0. The Morgan fingerprint density at radius 1 is 0.824 bits per heavy atom. The number of hydrogen-bond donors (Lipinski definition) is 1. The predicted molar refractivity (Wildman–Crippen MR) is 72.6 cm³/mol. The molecule has 0 rings (SSSR count). The van der Waals surface area contributed by atoms with Crippen molar-refractivity contribution in [2.24, 2.45) is 23.7 Å². The molecular formula is C13H28O3S. The summed E-state index contributed by atoms with van der Waals surface area (Å²) in [7, 11) is -3.95. The smallest absolute Gasteiger partial charge is 0.268 e. The van der Waals surface area contributed by atoms with Gasteiger partial charge < -0.3 is 0 Å². The average Bonchev–Trinajstić information content (AvgIpc) is 1.95. The van der Waals surface area contributed by atoms with E-state index in [-0.39, 0.29) is 11.8 Å². The molecule has 0 saturated carbocycles. The minimum absolute atomic E-state index is 0.00116. The van der Waals surface area contributed by atoms with Gasteiger partial charge in [0, 0.05) is 0 Å². The van der Waals surface area contributed by atoms with Crippen LogP contribution in [-0.2, 0) is 10.1 Å². The summed E-state index contributed by atoms with van der Waals surface area (Å²) in [5.74, 6) is 0.887. The van der Waals surface area contributed by atoms with Gasteiger partial charge in [-0.05, 0) is 36.5 Å². The van der Waals surface area contributed by atoms with Gasteiger partial charge in [-0.3, -0.25) is 4.55 Å². The lowest BCUT2D eigenvalue weighted by Crippen LogP contribution is -2.35. The van der Waals surface area contributed by atoms with Crippen LogP contribution in [0.4, 0.5) is 0 Å². The largest absolute Gasteiger partial charge is 0.285 e. The molecule has 3 nitrogen and oxygen atoms in total. The Morgan fingerprint density at radius 2 is 1.12 bits per heavy atom. The van der Waals surface area contributed by atoms with Gasteiger partial charge in [-0.2, -0.15) is 8.42 Å². The summed E-state index contributed by atoms with van der Waals surface area (Å²) in [4.78, 5) is 0. The maximum absolute atomic E-state index is 11.5. The molecule has 0 aromatic heterocycles.